The van der Waals surface area contributed by atoms with E-state index in [0.29, 0.717) is 32.4 Å². The Hall–Kier alpha value is -2.98. The fourth-order valence-electron chi connectivity index (χ4n) is 3.59. The number of nitrogens with one attached hydrogen (secondary N) is 2. The van der Waals surface area contributed by atoms with Crippen LogP contribution in [-0.2, 0) is 21.2 Å². The molecule has 0 aliphatic carbocycles. The predicted molar refractivity (Wildman–Crippen MR) is 121 cm³/mol. The van der Waals surface area contributed by atoms with E-state index >= 15 is 0 Å². The van der Waals surface area contributed by atoms with Crippen molar-refractivity contribution in [2.24, 2.45) is 0 Å². The van der Waals surface area contributed by atoms with E-state index in [1.54, 1.807) is 11.8 Å². The van der Waals surface area contributed by atoms with Crippen molar-refractivity contribution >= 4 is 22.0 Å². The highest BCUT2D eigenvalue weighted by Gasteiger charge is 2.26. The SMILES string of the molecule is CCOC(=O)N1CCC(NC(=O)c2cc(S(=O)(=O)NCCc3ccccc3)ccc2F)CC1. The van der Waals surface area contributed by atoms with Crippen molar-refractivity contribution in [1.29, 1.82) is 0 Å². The van der Waals surface area contributed by atoms with Crippen molar-refractivity contribution in [3.63, 3.8) is 0 Å². The molecule has 33 heavy (non-hydrogen) atoms. The lowest BCUT2D eigenvalue weighted by Gasteiger charge is -2.31. The second-order valence-electron chi connectivity index (χ2n) is 7.71. The third-order valence-corrected chi connectivity index (χ3v) is 6.86. The van der Waals surface area contributed by atoms with Crippen molar-refractivity contribution < 1.29 is 27.1 Å². The molecule has 0 saturated carbocycles. The van der Waals surface area contributed by atoms with Gasteiger partial charge in [-0.1, -0.05) is 30.3 Å². The number of amides is 2. The van der Waals surface area contributed by atoms with E-state index in [1.165, 1.54) is 0 Å². The van der Waals surface area contributed by atoms with Crippen LogP contribution < -0.4 is 10.0 Å². The molecule has 178 valence electrons. The fraction of sp³-hybridized carbons (Fsp3) is 0.391. The molecular formula is C23H28FN3O5S. The molecule has 2 N–H and O–H groups in total. The van der Waals surface area contributed by atoms with Crippen molar-refractivity contribution in [2.75, 3.05) is 26.2 Å². The van der Waals surface area contributed by atoms with E-state index in [0.717, 1.165) is 23.8 Å². The molecule has 1 aliphatic rings. The van der Waals surface area contributed by atoms with E-state index in [-0.39, 0.29) is 29.7 Å². The normalized spacial score (nSPS) is 14.7. The van der Waals surface area contributed by atoms with Gasteiger partial charge in [0.05, 0.1) is 17.1 Å². The molecule has 2 aromatic rings. The maximum Gasteiger partial charge on any atom is 0.409 e. The van der Waals surface area contributed by atoms with E-state index in [1.807, 2.05) is 30.3 Å². The van der Waals surface area contributed by atoms with Gasteiger partial charge in [0.2, 0.25) is 10.0 Å². The Bertz CT molecular complexity index is 1070. The first-order valence-electron chi connectivity index (χ1n) is 10.9. The molecule has 0 aromatic heterocycles. The number of likely N-dealkylation sites (tertiary alicyclic amines) is 1. The Morgan fingerprint density at radius 3 is 2.48 bits per heavy atom. The Labute approximate surface area is 193 Å². The number of hydrogen-bond donors (Lipinski definition) is 2. The third kappa shape index (κ3) is 6.75. The van der Waals surface area contributed by atoms with Crippen LogP contribution in [-0.4, -0.2) is 57.6 Å². The Balaban J connectivity index is 1.60. The number of rotatable bonds is 8. The lowest BCUT2D eigenvalue weighted by molar-refractivity contribution is 0.0857. The van der Waals surface area contributed by atoms with Crippen molar-refractivity contribution in [2.45, 2.75) is 37.1 Å². The molecule has 1 heterocycles. The Morgan fingerprint density at radius 1 is 1.12 bits per heavy atom. The van der Waals surface area contributed by atoms with Crippen LogP contribution in [0.4, 0.5) is 9.18 Å². The Morgan fingerprint density at radius 2 is 1.82 bits per heavy atom. The zero-order valence-electron chi connectivity index (χ0n) is 18.4. The minimum atomic E-state index is -3.91. The summed E-state index contributed by atoms with van der Waals surface area (Å²) in [5.41, 5.74) is 0.641. The average Bonchev–Trinajstić information content (AvgIpc) is 2.80. The minimum absolute atomic E-state index is 0.171. The third-order valence-electron chi connectivity index (χ3n) is 5.40. The van der Waals surface area contributed by atoms with E-state index in [4.69, 9.17) is 4.74 Å². The van der Waals surface area contributed by atoms with Gasteiger partial charge in [0.1, 0.15) is 5.82 Å². The van der Waals surface area contributed by atoms with Gasteiger partial charge in [-0.25, -0.2) is 22.3 Å². The van der Waals surface area contributed by atoms with Crippen molar-refractivity contribution in [3.05, 3.63) is 65.5 Å². The highest BCUT2D eigenvalue weighted by Crippen LogP contribution is 2.17. The van der Waals surface area contributed by atoms with Gasteiger partial charge < -0.3 is 15.0 Å². The van der Waals surface area contributed by atoms with E-state index in [9.17, 15) is 22.4 Å². The van der Waals surface area contributed by atoms with E-state index in [2.05, 4.69) is 10.0 Å². The van der Waals surface area contributed by atoms with Gasteiger partial charge in [-0.05, 0) is 49.9 Å². The number of ether oxygens (including phenoxy) is 1. The second kappa shape index (κ2) is 11.2. The van der Waals surface area contributed by atoms with Gasteiger partial charge in [-0.3, -0.25) is 4.79 Å². The van der Waals surface area contributed by atoms with Gasteiger partial charge >= 0.3 is 6.09 Å². The monoisotopic (exact) mass is 477 g/mol. The average molecular weight is 478 g/mol. The van der Waals surface area contributed by atoms with Gasteiger partial charge in [-0.15, -0.1) is 0 Å². The second-order valence-corrected chi connectivity index (χ2v) is 9.48. The molecule has 1 saturated heterocycles. The molecule has 0 radical (unpaired) electrons. The van der Waals surface area contributed by atoms with Crippen LogP contribution in [0.1, 0.15) is 35.7 Å². The molecule has 0 unspecified atom stereocenters. The largest absolute Gasteiger partial charge is 0.450 e. The standard InChI is InChI=1S/C23H28FN3O5S/c1-2-32-23(29)27-14-11-18(12-15-27)26-22(28)20-16-19(8-9-21(20)24)33(30,31)25-13-10-17-6-4-3-5-7-17/h3-9,16,18,25H,2,10-15H2,1H3,(H,26,28). The molecule has 0 spiro atoms. The molecule has 2 amide bonds. The highest BCUT2D eigenvalue weighted by molar-refractivity contribution is 7.89. The van der Waals surface area contributed by atoms with Crippen LogP contribution in [0.5, 0.6) is 0 Å². The Kier molecular flexibility index (Phi) is 8.40. The number of halogens is 1. The molecule has 3 rings (SSSR count). The molecular weight excluding hydrogens is 449 g/mol. The number of carbonyl (C=O) groups excluding carboxylic acids is 2. The van der Waals surface area contributed by atoms with Crippen LogP contribution in [0.15, 0.2) is 53.4 Å². The topological polar surface area (TPSA) is 105 Å². The van der Waals surface area contributed by atoms with Crippen molar-refractivity contribution in [1.82, 2.24) is 14.9 Å². The molecule has 0 atom stereocenters. The summed E-state index contributed by atoms with van der Waals surface area (Å²) in [5, 5.41) is 2.74. The molecule has 1 aliphatic heterocycles. The van der Waals surface area contributed by atoms with Gasteiger partial charge in [0, 0.05) is 25.7 Å². The first-order chi connectivity index (χ1) is 15.8. The summed E-state index contributed by atoms with van der Waals surface area (Å²) in [5.74, 6) is -1.50. The number of benzene rings is 2. The highest BCUT2D eigenvalue weighted by atomic mass is 32.2. The van der Waals surface area contributed by atoms with Gasteiger partial charge in [-0.2, -0.15) is 0 Å². The maximum absolute atomic E-state index is 14.3. The predicted octanol–water partition coefficient (Wildman–Crippen LogP) is 2.70. The summed E-state index contributed by atoms with van der Waals surface area (Å²) in [6, 6.07) is 12.3. The molecule has 10 heteroatoms. The first-order valence-corrected chi connectivity index (χ1v) is 12.3. The quantitative estimate of drug-likeness (QED) is 0.608. The number of hydrogen-bond acceptors (Lipinski definition) is 5. The van der Waals surface area contributed by atoms with Crippen LogP contribution >= 0.6 is 0 Å². The minimum Gasteiger partial charge on any atom is -0.450 e. The maximum atomic E-state index is 14.3. The molecule has 0 bridgehead atoms. The lowest BCUT2D eigenvalue weighted by Crippen LogP contribution is -2.46. The number of nitrogens with zero attached hydrogens (tertiary/aromatic N) is 1. The summed E-state index contributed by atoms with van der Waals surface area (Å²) in [6.07, 6.45) is 1.08. The summed E-state index contributed by atoms with van der Waals surface area (Å²) in [6.45, 7) is 3.00. The van der Waals surface area contributed by atoms with Crippen LogP contribution in [0.25, 0.3) is 0 Å². The number of carbonyl (C=O) groups is 2. The van der Waals surface area contributed by atoms with Crippen LogP contribution in [0, 0.1) is 5.82 Å². The number of sulfonamides is 1. The summed E-state index contributed by atoms with van der Waals surface area (Å²) in [4.78, 5) is 25.8. The first kappa shape index (κ1) is 24.7. The zero-order valence-corrected chi connectivity index (χ0v) is 19.2. The molecule has 1 fully saturated rings. The van der Waals surface area contributed by atoms with Crippen LogP contribution in [0.3, 0.4) is 0 Å². The van der Waals surface area contributed by atoms with Crippen molar-refractivity contribution in [3.8, 4) is 0 Å². The summed E-state index contributed by atoms with van der Waals surface area (Å²) < 4.78 is 47.1. The van der Waals surface area contributed by atoms with Gasteiger partial charge in [0.15, 0.2) is 0 Å². The lowest BCUT2D eigenvalue weighted by atomic mass is 10.0. The molecule has 2 aromatic carbocycles. The van der Waals surface area contributed by atoms with Crippen LogP contribution in [0.2, 0.25) is 0 Å². The summed E-state index contributed by atoms with van der Waals surface area (Å²) >= 11 is 0. The van der Waals surface area contributed by atoms with E-state index < -0.39 is 27.8 Å². The molecule has 8 nitrogen and oxygen atoms in total. The van der Waals surface area contributed by atoms with Gasteiger partial charge in [0.25, 0.3) is 5.91 Å². The zero-order chi connectivity index (χ0) is 23.8. The number of piperidine rings is 1. The fourth-order valence-corrected chi connectivity index (χ4v) is 4.65. The smallest absolute Gasteiger partial charge is 0.409 e. The summed E-state index contributed by atoms with van der Waals surface area (Å²) in [7, 11) is -3.91.